The molecule has 1 fully saturated rings. The number of nitrogens with one attached hydrogen (secondary N) is 1. The molecule has 0 radical (unpaired) electrons. The van der Waals surface area contributed by atoms with E-state index in [1.54, 1.807) is 0 Å². The average Bonchev–Trinajstić information content (AvgIpc) is 2.37. The molecule has 1 unspecified atom stereocenters. The summed E-state index contributed by atoms with van der Waals surface area (Å²) in [6, 6.07) is 0.312. The predicted molar refractivity (Wildman–Crippen MR) is 40.1 cm³/mol. The molecule has 1 atom stereocenters. The zero-order valence-corrected chi connectivity index (χ0v) is 6.51. The van der Waals surface area contributed by atoms with Crippen LogP contribution >= 0.6 is 0 Å². The predicted octanol–water partition coefficient (Wildman–Crippen LogP) is 0.450. The van der Waals surface area contributed by atoms with Crippen LogP contribution in [0.15, 0.2) is 0 Å². The first-order chi connectivity index (χ1) is 4.86. The van der Waals surface area contributed by atoms with Gasteiger partial charge in [0.25, 0.3) is 0 Å². The van der Waals surface area contributed by atoms with Crippen molar-refractivity contribution >= 4 is 0 Å². The van der Waals surface area contributed by atoms with Crippen molar-refractivity contribution in [2.24, 2.45) is 0 Å². The van der Waals surface area contributed by atoms with E-state index in [2.05, 4.69) is 17.3 Å². The first-order valence-corrected chi connectivity index (χ1v) is 3.98. The van der Waals surface area contributed by atoms with Crippen LogP contribution in [0.2, 0.25) is 0 Å². The SMILES string of the molecule is CCCN1CCC(NO)C1. The molecule has 0 aromatic rings. The van der Waals surface area contributed by atoms with E-state index in [1.165, 1.54) is 6.42 Å². The summed E-state index contributed by atoms with van der Waals surface area (Å²) in [6.07, 6.45) is 2.29. The summed E-state index contributed by atoms with van der Waals surface area (Å²) >= 11 is 0. The summed E-state index contributed by atoms with van der Waals surface area (Å²) in [7, 11) is 0. The molecule has 0 aromatic heterocycles. The molecule has 3 heteroatoms. The van der Waals surface area contributed by atoms with Crippen LogP contribution < -0.4 is 5.48 Å². The molecule has 0 bridgehead atoms. The van der Waals surface area contributed by atoms with Gasteiger partial charge in [-0.25, -0.2) is 5.48 Å². The van der Waals surface area contributed by atoms with Crippen molar-refractivity contribution < 1.29 is 5.21 Å². The summed E-state index contributed by atoms with van der Waals surface area (Å²) in [5.41, 5.74) is 2.31. The number of hydrogen-bond acceptors (Lipinski definition) is 3. The Hall–Kier alpha value is -0.120. The molecule has 1 heterocycles. The van der Waals surface area contributed by atoms with Crippen LogP contribution in [-0.4, -0.2) is 35.8 Å². The standard InChI is InChI=1S/C7H16N2O/c1-2-4-9-5-3-7(6-9)8-10/h7-8,10H,2-6H2,1H3. The maximum atomic E-state index is 8.58. The van der Waals surface area contributed by atoms with Crippen LogP contribution in [0.4, 0.5) is 0 Å². The lowest BCUT2D eigenvalue weighted by Crippen LogP contribution is -2.30. The molecule has 60 valence electrons. The molecule has 0 saturated carbocycles. The highest BCUT2D eigenvalue weighted by molar-refractivity contribution is 4.77. The number of likely N-dealkylation sites (tertiary alicyclic amines) is 1. The van der Waals surface area contributed by atoms with E-state index >= 15 is 0 Å². The highest BCUT2D eigenvalue weighted by Crippen LogP contribution is 2.07. The molecule has 0 amide bonds. The van der Waals surface area contributed by atoms with Crippen LogP contribution in [0.25, 0.3) is 0 Å². The maximum absolute atomic E-state index is 8.58. The second kappa shape index (κ2) is 3.91. The first-order valence-electron chi connectivity index (χ1n) is 3.98. The monoisotopic (exact) mass is 144 g/mol. The fourth-order valence-corrected chi connectivity index (χ4v) is 1.46. The molecule has 1 aliphatic heterocycles. The second-order valence-electron chi connectivity index (χ2n) is 2.92. The first kappa shape index (κ1) is 7.98. The largest absolute Gasteiger partial charge is 0.316 e. The lowest BCUT2D eigenvalue weighted by Gasteiger charge is -2.13. The normalized spacial score (nSPS) is 27.6. The van der Waals surface area contributed by atoms with Gasteiger partial charge in [0, 0.05) is 12.6 Å². The smallest absolute Gasteiger partial charge is 0.0459 e. The van der Waals surface area contributed by atoms with Crippen LogP contribution in [0.1, 0.15) is 19.8 Å². The van der Waals surface area contributed by atoms with Crippen LogP contribution in [-0.2, 0) is 0 Å². The number of hydrogen-bond donors (Lipinski definition) is 2. The van der Waals surface area contributed by atoms with Gasteiger partial charge in [-0.15, -0.1) is 0 Å². The minimum absolute atomic E-state index is 0.312. The molecule has 10 heavy (non-hydrogen) atoms. The zero-order chi connectivity index (χ0) is 7.40. The number of hydroxylamine groups is 1. The molecule has 1 saturated heterocycles. The average molecular weight is 144 g/mol. The van der Waals surface area contributed by atoms with Crippen LogP contribution in [0.3, 0.4) is 0 Å². The van der Waals surface area contributed by atoms with Crippen molar-refractivity contribution in [1.29, 1.82) is 0 Å². The van der Waals surface area contributed by atoms with Gasteiger partial charge in [-0.1, -0.05) is 6.92 Å². The Kier molecular flexibility index (Phi) is 3.12. The zero-order valence-electron chi connectivity index (χ0n) is 6.51. The van der Waals surface area contributed by atoms with Crippen molar-refractivity contribution in [2.75, 3.05) is 19.6 Å². The topological polar surface area (TPSA) is 35.5 Å². The van der Waals surface area contributed by atoms with E-state index in [0.29, 0.717) is 6.04 Å². The molecular weight excluding hydrogens is 128 g/mol. The van der Waals surface area contributed by atoms with E-state index in [-0.39, 0.29) is 0 Å². The van der Waals surface area contributed by atoms with E-state index in [1.807, 2.05) is 0 Å². The van der Waals surface area contributed by atoms with Crippen LogP contribution in [0, 0.1) is 0 Å². The molecule has 0 spiro atoms. The summed E-state index contributed by atoms with van der Waals surface area (Å²) in [5.74, 6) is 0. The lowest BCUT2D eigenvalue weighted by atomic mass is 10.3. The summed E-state index contributed by atoms with van der Waals surface area (Å²) < 4.78 is 0. The third-order valence-electron chi connectivity index (χ3n) is 1.99. The Bertz CT molecular complexity index is 97.6. The third kappa shape index (κ3) is 1.94. The molecule has 0 aliphatic carbocycles. The summed E-state index contributed by atoms with van der Waals surface area (Å²) in [5, 5.41) is 8.58. The van der Waals surface area contributed by atoms with Gasteiger partial charge >= 0.3 is 0 Å². The Balaban J connectivity index is 2.15. The molecule has 1 rings (SSSR count). The summed E-state index contributed by atoms with van der Waals surface area (Å²) in [4.78, 5) is 2.37. The number of rotatable bonds is 3. The Labute approximate surface area is 62.0 Å². The highest BCUT2D eigenvalue weighted by Gasteiger charge is 2.20. The molecule has 0 aromatic carbocycles. The van der Waals surface area contributed by atoms with E-state index in [0.717, 1.165) is 26.1 Å². The van der Waals surface area contributed by atoms with Gasteiger partial charge in [-0.05, 0) is 25.9 Å². The maximum Gasteiger partial charge on any atom is 0.0459 e. The van der Waals surface area contributed by atoms with Crippen molar-refractivity contribution in [1.82, 2.24) is 10.4 Å². The van der Waals surface area contributed by atoms with Crippen molar-refractivity contribution in [3.8, 4) is 0 Å². The van der Waals surface area contributed by atoms with E-state index < -0.39 is 0 Å². The number of nitrogens with zero attached hydrogens (tertiary/aromatic N) is 1. The molecule has 1 aliphatic rings. The Morgan fingerprint density at radius 2 is 2.50 bits per heavy atom. The minimum Gasteiger partial charge on any atom is -0.316 e. The fraction of sp³-hybridized carbons (Fsp3) is 1.00. The molecule has 3 nitrogen and oxygen atoms in total. The Morgan fingerprint density at radius 3 is 3.00 bits per heavy atom. The lowest BCUT2D eigenvalue weighted by molar-refractivity contribution is 0.127. The van der Waals surface area contributed by atoms with Gasteiger partial charge in [0.2, 0.25) is 0 Å². The van der Waals surface area contributed by atoms with Crippen molar-refractivity contribution in [3.63, 3.8) is 0 Å². The molecule has 2 N–H and O–H groups in total. The quantitative estimate of drug-likeness (QED) is 0.564. The summed E-state index contributed by atoms with van der Waals surface area (Å²) in [6.45, 7) is 5.48. The highest BCUT2D eigenvalue weighted by atomic mass is 16.5. The third-order valence-corrected chi connectivity index (χ3v) is 1.99. The van der Waals surface area contributed by atoms with Gasteiger partial charge < -0.3 is 10.1 Å². The Morgan fingerprint density at radius 1 is 1.70 bits per heavy atom. The fourth-order valence-electron chi connectivity index (χ4n) is 1.46. The van der Waals surface area contributed by atoms with E-state index in [9.17, 15) is 0 Å². The van der Waals surface area contributed by atoms with Gasteiger partial charge in [0.15, 0.2) is 0 Å². The van der Waals surface area contributed by atoms with Crippen molar-refractivity contribution in [2.45, 2.75) is 25.8 Å². The van der Waals surface area contributed by atoms with Crippen LogP contribution in [0.5, 0.6) is 0 Å². The van der Waals surface area contributed by atoms with Gasteiger partial charge in [0.1, 0.15) is 0 Å². The van der Waals surface area contributed by atoms with Gasteiger partial charge in [-0.3, -0.25) is 0 Å². The van der Waals surface area contributed by atoms with E-state index in [4.69, 9.17) is 5.21 Å². The second-order valence-corrected chi connectivity index (χ2v) is 2.92. The molecular formula is C7H16N2O. The van der Waals surface area contributed by atoms with Crippen molar-refractivity contribution in [3.05, 3.63) is 0 Å². The van der Waals surface area contributed by atoms with Gasteiger partial charge in [0.05, 0.1) is 0 Å². The minimum atomic E-state index is 0.312. The van der Waals surface area contributed by atoms with Gasteiger partial charge in [-0.2, -0.15) is 0 Å².